The summed E-state index contributed by atoms with van der Waals surface area (Å²) in [7, 11) is 2.93. The predicted octanol–water partition coefficient (Wildman–Crippen LogP) is 3.52. The van der Waals surface area contributed by atoms with Crippen LogP contribution in [0.3, 0.4) is 0 Å². The molecule has 5 nitrogen and oxygen atoms in total. The van der Waals surface area contributed by atoms with Crippen molar-refractivity contribution in [2.75, 3.05) is 14.2 Å². The fraction of sp³-hybridized carbons (Fsp3) is 0.350. The smallest absolute Gasteiger partial charge is 0.273 e. The molecule has 25 heavy (non-hydrogen) atoms. The van der Waals surface area contributed by atoms with E-state index in [-0.39, 0.29) is 23.0 Å². The molecule has 0 unspecified atom stereocenters. The van der Waals surface area contributed by atoms with E-state index in [0.717, 1.165) is 17.9 Å². The summed E-state index contributed by atoms with van der Waals surface area (Å²) < 4.78 is 0. The van der Waals surface area contributed by atoms with Gasteiger partial charge in [-0.1, -0.05) is 37.6 Å². The van der Waals surface area contributed by atoms with Crippen LogP contribution >= 0.6 is 0 Å². The first-order chi connectivity index (χ1) is 11.9. The number of carbonyl (C=O) groups is 3. The average Bonchev–Trinajstić information content (AvgIpc) is 2.64. The van der Waals surface area contributed by atoms with E-state index in [4.69, 9.17) is 4.84 Å². The van der Waals surface area contributed by atoms with Gasteiger partial charge in [-0.3, -0.25) is 19.2 Å². The minimum atomic E-state index is -0.310. The Hall–Kier alpha value is -2.53. The molecule has 1 aromatic rings. The summed E-state index contributed by atoms with van der Waals surface area (Å²) in [5, 5.41) is 1.13. The lowest BCUT2D eigenvalue weighted by atomic mass is 2.89. The summed E-state index contributed by atoms with van der Waals surface area (Å²) >= 11 is 0. The molecule has 0 N–H and O–H groups in total. The number of likely N-dealkylation sites (N-methyl/N-ethyl adjacent to an activating group) is 1. The van der Waals surface area contributed by atoms with Crippen LogP contribution in [0.25, 0.3) is 0 Å². The number of carbonyl (C=O) groups excluding carboxylic acids is 3. The molecule has 0 saturated carbocycles. The predicted molar refractivity (Wildman–Crippen MR) is 95.2 cm³/mol. The maximum absolute atomic E-state index is 12.8. The maximum Gasteiger partial charge on any atom is 0.273 e. The van der Waals surface area contributed by atoms with Crippen molar-refractivity contribution >= 4 is 17.5 Å². The second-order valence-electron chi connectivity index (χ2n) is 6.00. The molecule has 0 atom stereocenters. The van der Waals surface area contributed by atoms with Gasteiger partial charge >= 0.3 is 0 Å². The Bertz CT molecular complexity index is 774. The fourth-order valence-corrected chi connectivity index (χ4v) is 2.76. The van der Waals surface area contributed by atoms with Gasteiger partial charge in [0.05, 0.1) is 7.11 Å². The van der Waals surface area contributed by atoms with Crippen LogP contribution in [0.4, 0.5) is 0 Å². The van der Waals surface area contributed by atoms with E-state index >= 15 is 0 Å². The number of nitrogens with zero attached hydrogens (tertiary/aromatic N) is 1. The number of Topliss-reactive ketones (excluding diaryl/α,β-unsaturated/α-hetero) is 2. The van der Waals surface area contributed by atoms with Gasteiger partial charge in [0.2, 0.25) is 0 Å². The average molecular weight is 323 g/mol. The van der Waals surface area contributed by atoms with Gasteiger partial charge < -0.3 is 0 Å². The SMILES string of the molecule is CCCC/C(=C\C1=C([3CH3])C(=O)c2ccccc2C1=O)C(=O)N([3CH3])OC. The largest absolute Gasteiger partial charge is 0.289 e. The third-order valence-corrected chi connectivity index (χ3v) is 4.36. The van der Waals surface area contributed by atoms with Crippen LogP contribution in [0, 0.1) is 0 Å². The van der Waals surface area contributed by atoms with Crippen molar-refractivity contribution < 1.29 is 19.2 Å². The third-order valence-electron chi connectivity index (χ3n) is 4.36. The van der Waals surface area contributed by atoms with Crippen LogP contribution in [0.2, 0.25) is 0 Å². The van der Waals surface area contributed by atoms with Crippen LogP contribution in [0.5, 0.6) is 0 Å². The van der Waals surface area contributed by atoms with E-state index in [1.807, 2.05) is 6.92 Å². The molecule has 0 heterocycles. The summed E-state index contributed by atoms with van der Waals surface area (Å²) in [5.74, 6) is -0.714. The summed E-state index contributed by atoms with van der Waals surface area (Å²) in [4.78, 5) is 42.9. The number of rotatable bonds is 6. The Balaban J connectivity index is 2.50. The Morgan fingerprint density at radius 2 is 1.80 bits per heavy atom. The first-order valence-corrected chi connectivity index (χ1v) is 8.34. The number of hydrogen-bond donors (Lipinski definition) is 0. The zero-order valence-electron chi connectivity index (χ0n) is 15.1. The fourth-order valence-electron chi connectivity index (χ4n) is 2.76. The van der Waals surface area contributed by atoms with Crippen LogP contribution in [-0.4, -0.2) is 36.7 Å². The molecule has 0 spiro atoms. The van der Waals surface area contributed by atoms with Crippen molar-refractivity contribution in [3.8, 4) is 0 Å². The van der Waals surface area contributed by atoms with E-state index in [2.05, 4.69) is 0 Å². The molecular formula is C20H23NO4. The second-order valence-corrected chi connectivity index (χ2v) is 6.00. The summed E-state index contributed by atoms with van der Waals surface area (Å²) in [6.07, 6.45) is 3.79. The lowest BCUT2D eigenvalue weighted by molar-refractivity contribution is -0.164. The molecule has 1 amide bonds. The molecule has 132 valence electrons. The van der Waals surface area contributed by atoms with Crippen LogP contribution in [0.1, 0.15) is 53.8 Å². The molecule has 2 rings (SSSR count). The van der Waals surface area contributed by atoms with Crippen molar-refractivity contribution in [3.05, 3.63) is 58.2 Å². The number of hydrogen-bond acceptors (Lipinski definition) is 4. The van der Waals surface area contributed by atoms with Gasteiger partial charge in [-0.15, -0.1) is 0 Å². The number of allylic oxidation sites excluding steroid dienone is 3. The third kappa shape index (κ3) is 3.77. The van der Waals surface area contributed by atoms with E-state index < -0.39 is 0 Å². The molecule has 0 bridgehead atoms. The first kappa shape index (κ1) is 18.8. The molecule has 0 fully saturated rings. The van der Waals surface area contributed by atoms with Gasteiger partial charge in [-0.25, -0.2) is 5.06 Å². The molecule has 0 aliphatic heterocycles. The first-order valence-electron chi connectivity index (χ1n) is 8.34. The van der Waals surface area contributed by atoms with Crippen molar-refractivity contribution in [3.63, 3.8) is 0 Å². The van der Waals surface area contributed by atoms with Gasteiger partial charge in [0.25, 0.3) is 5.91 Å². The van der Waals surface area contributed by atoms with Gasteiger partial charge in [-0.2, -0.15) is 0 Å². The standard InChI is InChI=1S/C20H23NO4/c1-5-6-9-14(20(24)21(3)25-4)12-17-13(2)18(22)15-10-7-8-11-16(15)19(17)23/h7-8,10-12H,5-6,9H2,1-4H3/b14-12+/i2-9,3-9. The molecule has 5 heteroatoms. The minimum absolute atomic E-state index is 0.177. The van der Waals surface area contributed by atoms with Gasteiger partial charge in [0.15, 0.2) is 11.6 Å². The van der Waals surface area contributed by atoms with Gasteiger partial charge in [0.1, 0.15) is 0 Å². The van der Waals surface area contributed by atoms with Crippen molar-refractivity contribution in [1.29, 1.82) is 0 Å². The lowest BCUT2D eigenvalue weighted by Crippen LogP contribution is -2.28. The van der Waals surface area contributed by atoms with Gasteiger partial charge in [0, 0.05) is 34.9 Å². The molecule has 0 radical (unpaired) electrons. The maximum atomic E-state index is 12.8. The van der Waals surface area contributed by atoms with Gasteiger partial charge in [-0.05, 0) is 25.8 Å². The normalized spacial score (nSPS) is 14.6. The highest BCUT2D eigenvalue weighted by molar-refractivity contribution is 6.28. The highest BCUT2D eigenvalue weighted by Gasteiger charge is 2.29. The zero-order chi connectivity index (χ0) is 18.6. The molecule has 1 aliphatic carbocycles. The molecule has 1 aromatic carbocycles. The zero-order valence-corrected chi connectivity index (χ0v) is 15.1. The Labute approximate surface area is 147 Å². The number of fused-ring (bicyclic) bond motifs is 1. The highest BCUT2D eigenvalue weighted by Crippen LogP contribution is 2.28. The summed E-state index contributed by atoms with van der Waals surface area (Å²) in [5.41, 5.74) is 1.91. The van der Waals surface area contributed by atoms with Crippen LogP contribution in [0.15, 0.2) is 47.1 Å². The van der Waals surface area contributed by atoms with Crippen LogP contribution < -0.4 is 0 Å². The second kappa shape index (κ2) is 8.03. The monoisotopic (exact) mass is 323 g/mol. The van der Waals surface area contributed by atoms with E-state index in [0.29, 0.717) is 28.7 Å². The number of amides is 1. The summed E-state index contributed by atoms with van der Waals surface area (Å²) in [6.45, 7) is 3.65. The summed E-state index contributed by atoms with van der Waals surface area (Å²) in [6, 6.07) is 6.77. The Morgan fingerprint density at radius 3 is 2.36 bits per heavy atom. The number of unbranched alkanes of at least 4 members (excludes halogenated alkanes) is 1. The highest BCUT2D eigenvalue weighted by atomic mass is 16.7. The van der Waals surface area contributed by atoms with Crippen molar-refractivity contribution in [2.45, 2.75) is 33.1 Å². The molecular weight excluding hydrogens is 300 g/mol. The van der Waals surface area contributed by atoms with Crippen molar-refractivity contribution in [2.24, 2.45) is 0 Å². The minimum Gasteiger partial charge on any atom is -0.289 e. The molecule has 1 aliphatic rings. The Morgan fingerprint density at radius 1 is 1.20 bits per heavy atom. The lowest BCUT2D eigenvalue weighted by Gasteiger charge is -2.19. The number of ketones is 2. The number of benzene rings is 1. The van der Waals surface area contributed by atoms with Crippen LogP contribution in [-0.2, 0) is 9.63 Å². The van der Waals surface area contributed by atoms with E-state index in [9.17, 15) is 14.4 Å². The molecule has 0 aromatic heterocycles. The topological polar surface area (TPSA) is 63.7 Å². The Kier molecular flexibility index (Phi) is 6.04. The molecule has 0 saturated heterocycles. The van der Waals surface area contributed by atoms with E-state index in [1.165, 1.54) is 14.2 Å². The quantitative estimate of drug-likeness (QED) is 0.593. The van der Waals surface area contributed by atoms with Crippen molar-refractivity contribution in [1.82, 2.24) is 5.06 Å². The van der Waals surface area contributed by atoms with E-state index in [1.54, 1.807) is 37.3 Å². The number of hydroxylamine groups is 2.